The van der Waals surface area contributed by atoms with Gasteiger partial charge in [-0.25, -0.2) is 4.98 Å². The SMILES string of the molecule is OCCc1cnc(Cc2[nH]nc3ccc(-c4ncccc4Cl)cc23)s1. The zero-order valence-electron chi connectivity index (χ0n) is 13.2. The van der Waals surface area contributed by atoms with E-state index < -0.39 is 0 Å². The second-order valence-corrected chi connectivity index (χ2v) is 7.25. The van der Waals surface area contributed by atoms with E-state index in [9.17, 15) is 0 Å². The quantitative estimate of drug-likeness (QED) is 0.559. The number of hydrogen-bond donors (Lipinski definition) is 2. The fourth-order valence-corrected chi connectivity index (χ4v) is 3.90. The normalized spacial score (nSPS) is 11.3. The molecule has 126 valence electrons. The summed E-state index contributed by atoms with van der Waals surface area (Å²) in [5.74, 6) is 0. The van der Waals surface area contributed by atoms with Crippen molar-refractivity contribution < 1.29 is 5.11 Å². The standard InChI is InChI=1S/C18H15ClN4OS/c19-14-2-1-6-20-18(14)11-3-4-15-13(8-11)16(23-22-15)9-17-21-10-12(25-17)5-7-24/h1-4,6,8,10,24H,5,7,9H2,(H,22,23). The first-order valence-corrected chi connectivity index (χ1v) is 9.06. The summed E-state index contributed by atoms with van der Waals surface area (Å²) in [5, 5.41) is 19.2. The predicted octanol–water partition coefficient (Wildman–Crippen LogP) is 3.86. The van der Waals surface area contributed by atoms with E-state index in [0.717, 1.165) is 37.7 Å². The summed E-state index contributed by atoms with van der Waals surface area (Å²) in [6.07, 6.45) is 4.88. The average molecular weight is 371 g/mol. The van der Waals surface area contributed by atoms with Gasteiger partial charge in [-0.05, 0) is 24.3 Å². The van der Waals surface area contributed by atoms with Crippen molar-refractivity contribution >= 4 is 33.8 Å². The Labute approximate surface area is 153 Å². The summed E-state index contributed by atoms with van der Waals surface area (Å²) in [7, 11) is 0. The van der Waals surface area contributed by atoms with E-state index in [0.29, 0.717) is 17.9 Å². The number of rotatable bonds is 5. The Morgan fingerprint density at radius 3 is 2.96 bits per heavy atom. The number of fused-ring (bicyclic) bond motifs is 1. The number of nitrogens with zero attached hydrogens (tertiary/aromatic N) is 3. The van der Waals surface area contributed by atoms with Gasteiger partial charge in [0.1, 0.15) is 0 Å². The summed E-state index contributed by atoms with van der Waals surface area (Å²) in [5.41, 5.74) is 3.63. The lowest BCUT2D eigenvalue weighted by Gasteiger charge is -2.03. The molecular weight excluding hydrogens is 356 g/mol. The van der Waals surface area contributed by atoms with Crippen molar-refractivity contribution in [3.8, 4) is 11.3 Å². The summed E-state index contributed by atoms with van der Waals surface area (Å²) >= 11 is 7.89. The van der Waals surface area contributed by atoms with Gasteiger partial charge in [0.15, 0.2) is 0 Å². The largest absolute Gasteiger partial charge is 0.396 e. The molecule has 0 aliphatic heterocycles. The molecule has 0 fully saturated rings. The number of aromatic nitrogens is 4. The molecule has 25 heavy (non-hydrogen) atoms. The summed E-state index contributed by atoms with van der Waals surface area (Å²) in [6.45, 7) is 0.142. The van der Waals surface area contributed by atoms with Gasteiger partial charge in [-0.1, -0.05) is 17.7 Å². The van der Waals surface area contributed by atoms with Gasteiger partial charge in [0.25, 0.3) is 0 Å². The van der Waals surface area contributed by atoms with E-state index in [1.807, 2.05) is 30.5 Å². The van der Waals surface area contributed by atoms with E-state index in [1.165, 1.54) is 0 Å². The highest BCUT2D eigenvalue weighted by Crippen LogP contribution is 2.29. The zero-order valence-corrected chi connectivity index (χ0v) is 14.8. The van der Waals surface area contributed by atoms with Crippen LogP contribution in [0, 0.1) is 0 Å². The van der Waals surface area contributed by atoms with E-state index in [1.54, 1.807) is 17.5 Å². The monoisotopic (exact) mass is 370 g/mol. The third-order valence-electron chi connectivity index (χ3n) is 3.95. The number of aliphatic hydroxyl groups excluding tert-OH is 1. The highest BCUT2D eigenvalue weighted by atomic mass is 35.5. The van der Waals surface area contributed by atoms with Gasteiger partial charge in [-0.3, -0.25) is 10.1 Å². The van der Waals surface area contributed by atoms with Crippen LogP contribution < -0.4 is 0 Å². The molecule has 0 amide bonds. The van der Waals surface area contributed by atoms with Gasteiger partial charge >= 0.3 is 0 Å². The van der Waals surface area contributed by atoms with Crippen LogP contribution in [0.4, 0.5) is 0 Å². The molecule has 5 nitrogen and oxygen atoms in total. The number of aromatic amines is 1. The summed E-state index contributed by atoms with van der Waals surface area (Å²) in [6, 6.07) is 9.66. The van der Waals surface area contributed by atoms with Crippen molar-refractivity contribution in [2.24, 2.45) is 0 Å². The maximum absolute atomic E-state index is 9.03. The van der Waals surface area contributed by atoms with Crippen molar-refractivity contribution in [2.45, 2.75) is 12.8 Å². The van der Waals surface area contributed by atoms with Crippen molar-refractivity contribution in [1.82, 2.24) is 20.2 Å². The molecule has 0 bridgehead atoms. The van der Waals surface area contributed by atoms with E-state index in [-0.39, 0.29) is 6.61 Å². The van der Waals surface area contributed by atoms with Gasteiger partial charge in [0, 0.05) is 53.4 Å². The van der Waals surface area contributed by atoms with E-state index in [2.05, 4.69) is 26.2 Å². The first-order chi connectivity index (χ1) is 12.2. The molecule has 3 aromatic heterocycles. The minimum atomic E-state index is 0.142. The van der Waals surface area contributed by atoms with Gasteiger partial charge in [-0.15, -0.1) is 11.3 Å². The maximum atomic E-state index is 9.03. The fourth-order valence-electron chi connectivity index (χ4n) is 2.75. The van der Waals surface area contributed by atoms with Crippen LogP contribution in [0.25, 0.3) is 22.2 Å². The lowest BCUT2D eigenvalue weighted by molar-refractivity contribution is 0.300. The fraction of sp³-hybridized carbons (Fsp3) is 0.167. The number of hydrogen-bond acceptors (Lipinski definition) is 5. The second-order valence-electron chi connectivity index (χ2n) is 5.64. The van der Waals surface area contributed by atoms with Crippen LogP contribution in [0.1, 0.15) is 15.6 Å². The molecule has 0 spiro atoms. The highest BCUT2D eigenvalue weighted by molar-refractivity contribution is 7.11. The molecule has 2 N–H and O–H groups in total. The number of thiazole rings is 1. The molecule has 0 aliphatic rings. The van der Waals surface area contributed by atoms with Crippen LogP contribution in [-0.4, -0.2) is 31.9 Å². The third kappa shape index (κ3) is 3.28. The molecule has 0 saturated heterocycles. The zero-order chi connectivity index (χ0) is 17.2. The van der Waals surface area contributed by atoms with Crippen molar-refractivity contribution in [3.63, 3.8) is 0 Å². The molecule has 7 heteroatoms. The van der Waals surface area contributed by atoms with Crippen LogP contribution in [0.5, 0.6) is 0 Å². The van der Waals surface area contributed by atoms with Crippen LogP contribution in [0.15, 0.2) is 42.7 Å². The number of halogens is 1. The third-order valence-corrected chi connectivity index (χ3v) is 5.31. The van der Waals surface area contributed by atoms with Crippen LogP contribution in [-0.2, 0) is 12.8 Å². The van der Waals surface area contributed by atoms with Crippen molar-refractivity contribution in [2.75, 3.05) is 6.61 Å². The van der Waals surface area contributed by atoms with Gasteiger partial charge in [0.2, 0.25) is 0 Å². The lowest BCUT2D eigenvalue weighted by Crippen LogP contribution is -1.89. The number of aliphatic hydroxyl groups is 1. The lowest BCUT2D eigenvalue weighted by atomic mass is 10.1. The Morgan fingerprint density at radius 2 is 2.12 bits per heavy atom. The Morgan fingerprint density at radius 1 is 1.20 bits per heavy atom. The Bertz CT molecular complexity index is 1030. The predicted molar refractivity (Wildman–Crippen MR) is 100 cm³/mol. The molecule has 4 rings (SSSR count). The maximum Gasteiger partial charge on any atom is 0.0987 e. The van der Waals surface area contributed by atoms with Crippen LogP contribution in [0.3, 0.4) is 0 Å². The number of H-pyrrole nitrogens is 1. The highest BCUT2D eigenvalue weighted by Gasteiger charge is 2.12. The number of nitrogens with one attached hydrogen (secondary N) is 1. The molecule has 0 radical (unpaired) electrons. The van der Waals surface area contributed by atoms with Crippen LogP contribution in [0.2, 0.25) is 5.02 Å². The number of pyridine rings is 1. The molecule has 0 saturated carbocycles. The Balaban J connectivity index is 1.70. The van der Waals surface area contributed by atoms with Gasteiger partial charge < -0.3 is 5.11 Å². The molecule has 0 aliphatic carbocycles. The molecule has 4 aromatic rings. The Kier molecular flexibility index (Phi) is 4.48. The topological polar surface area (TPSA) is 74.7 Å². The van der Waals surface area contributed by atoms with Crippen molar-refractivity contribution in [3.05, 3.63) is 63.3 Å². The molecule has 0 unspecified atom stereocenters. The molecule has 1 aromatic carbocycles. The Hall–Kier alpha value is -2.28. The minimum absolute atomic E-state index is 0.142. The second kappa shape index (κ2) is 6.92. The van der Waals surface area contributed by atoms with Gasteiger partial charge in [0.05, 0.1) is 21.2 Å². The molecular formula is C18H15ClN4OS. The molecule has 3 heterocycles. The van der Waals surface area contributed by atoms with Crippen LogP contribution >= 0.6 is 22.9 Å². The summed E-state index contributed by atoms with van der Waals surface area (Å²) < 4.78 is 0. The smallest absolute Gasteiger partial charge is 0.0987 e. The first-order valence-electron chi connectivity index (χ1n) is 7.87. The molecule has 0 atom stereocenters. The minimum Gasteiger partial charge on any atom is -0.396 e. The van der Waals surface area contributed by atoms with E-state index in [4.69, 9.17) is 16.7 Å². The first kappa shape index (κ1) is 16.2. The van der Waals surface area contributed by atoms with Gasteiger partial charge in [-0.2, -0.15) is 5.10 Å². The number of benzene rings is 1. The summed E-state index contributed by atoms with van der Waals surface area (Å²) in [4.78, 5) is 9.90. The average Bonchev–Trinajstić information content (AvgIpc) is 3.23. The van der Waals surface area contributed by atoms with E-state index >= 15 is 0 Å². The van der Waals surface area contributed by atoms with Crippen molar-refractivity contribution in [1.29, 1.82) is 0 Å².